The second-order valence-electron chi connectivity index (χ2n) is 4.49. The molecule has 1 N–H and O–H groups in total. The zero-order chi connectivity index (χ0) is 12.8. The minimum absolute atomic E-state index is 0.287. The van der Waals surface area contributed by atoms with Crippen LogP contribution in [0.5, 0.6) is 5.88 Å². The Kier molecular flexibility index (Phi) is 4.92. The Morgan fingerprint density at radius 1 is 1.56 bits per heavy atom. The van der Waals surface area contributed by atoms with Crippen LogP contribution in [0.15, 0.2) is 18.3 Å². The van der Waals surface area contributed by atoms with Crippen molar-refractivity contribution in [1.29, 1.82) is 0 Å². The highest BCUT2D eigenvalue weighted by Crippen LogP contribution is 2.12. The molecule has 1 aliphatic rings. The van der Waals surface area contributed by atoms with Crippen molar-refractivity contribution in [2.45, 2.75) is 12.6 Å². The van der Waals surface area contributed by atoms with Crippen molar-refractivity contribution >= 4 is 0 Å². The summed E-state index contributed by atoms with van der Waals surface area (Å²) in [5.74, 6) is 0.661. The van der Waals surface area contributed by atoms with Gasteiger partial charge in [0.05, 0.1) is 19.8 Å². The molecule has 1 unspecified atom stereocenters. The van der Waals surface area contributed by atoms with Crippen molar-refractivity contribution in [1.82, 2.24) is 15.2 Å². The molecule has 1 atom stereocenters. The molecule has 1 saturated heterocycles. The number of ether oxygens (including phenoxy) is 2. The number of hydrogen-bond acceptors (Lipinski definition) is 5. The van der Waals surface area contributed by atoms with Gasteiger partial charge in [0.1, 0.15) is 0 Å². The van der Waals surface area contributed by atoms with E-state index in [4.69, 9.17) is 9.47 Å². The fourth-order valence-corrected chi connectivity index (χ4v) is 2.16. The summed E-state index contributed by atoms with van der Waals surface area (Å²) in [6.07, 6.45) is 2.16. The topological polar surface area (TPSA) is 46.6 Å². The SMILES string of the molecule is CNCC1CN(Cc2ccc(OC)nc2)CCO1. The van der Waals surface area contributed by atoms with Gasteiger partial charge in [0.15, 0.2) is 0 Å². The first-order valence-corrected chi connectivity index (χ1v) is 6.29. The summed E-state index contributed by atoms with van der Waals surface area (Å²) < 4.78 is 10.7. The summed E-state index contributed by atoms with van der Waals surface area (Å²) >= 11 is 0. The van der Waals surface area contributed by atoms with Gasteiger partial charge in [-0.2, -0.15) is 0 Å². The van der Waals surface area contributed by atoms with Crippen molar-refractivity contribution in [3.05, 3.63) is 23.9 Å². The lowest BCUT2D eigenvalue weighted by atomic mass is 10.2. The van der Waals surface area contributed by atoms with Crippen LogP contribution < -0.4 is 10.1 Å². The number of hydrogen-bond donors (Lipinski definition) is 1. The largest absolute Gasteiger partial charge is 0.481 e. The quantitative estimate of drug-likeness (QED) is 0.826. The number of methoxy groups -OCH3 is 1. The van der Waals surface area contributed by atoms with Crippen LogP contribution in [0, 0.1) is 0 Å². The Morgan fingerprint density at radius 2 is 2.44 bits per heavy atom. The summed E-state index contributed by atoms with van der Waals surface area (Å²) in [6, 6.07) is 3.97. The molecule has 1 aromatic rings. The first kappa shape index (κ1) is 13.3. The minimum Gasteiger partial charge on any atom is -0.481 e. The maximum Gasteiger partial charge on any atom is 0.212 e. The van der Waals surface area contributed by atoms with E-state index in [-0.39, 0.29) is 6.10 Å². The monoisotopic (exact) mass is 251 g/mol. The maximum atomic E-state index is 5.68. The van der Waals surface area contributed by atoms with Crippen LogP contribution >= 0.6 is 0 Å². The molecule has 1 aliphatic heterocycles. The van der Waals surface area contributed by atoms with E-state index in [1.807, 2.05) is 19.3 Å². The van der Waals surface area contributed by atoms with Crippen molar-refractivity contribution in [3.8, 4) is 5.88 Å². The molecule has 0 saturated carbocycles. The third-order valence-electron chi connectivity index (χ3n) is 3.07. The van der Waals surface area contributed by atoms with Crippen molar-refractivity contribution in [3.63, 3.8) is 0 Å². The molecular formula is C13H21N3O2. The van der Waals surface area contributed by atoms with Crippen LogP contribution in [0.2, 0.25) is 0 Å². The predicted molar refractivity (Wildman–Crippen MR) is 69.7 cm³/mol. The van der Waals surface area contributed by atoms with Gasteiger partial charge in [-0.15, -0.1) is 0 Å². The van der Waals surface area contributed by atoms with E-state index in [0.717, 1.165) is 32.8 Å². The Bertz CT molecular complexity index is 354. The highest BCUT2D eigenvalue weighted by atomic mass is 16.5. The number of aromatic nitrogens is 1. The van der Waals surface area contributed by atoms with E-state index in [1.54, 1.807) is 7.11 Å². The molecule has 100 valence electrons. The Morgan fingerprint density at radius 3 is 3.11 bits per heavy atom. The lowest BCUT2D eigenvalue weighted by Crippen LogP contribution is -2.45. The predicted octanol–water partition coefficient (Wildman–Crippen LogP) is 0.510. The molecule has 0 amide bonds. The number of pyridine rings is 1. The zero-order valence-corrected chi connectivity index (χ0v) is 11.1. The van der Waals surface area contributed by atoms with Crippen molar-refractivity contribution in [2.24, 2.45) is 0 Å². The molecular weight excluding hydrogens is 230 g/mol. The average molecular weight is 251 g/mol. The van der Waals surface area contributed by atoms with Crippen LogP contribution in [0.4, 0.5) is 0 Å². The molecule has 0 aromatic carbocycles. The van der Waals surface area contributed by atoms with Crippen molar-refractivity contribution < 1.29 is 9.47 Å². The fourth-order valence-electron chi connectivity index (χ4n) is 2.16. The summed E-state index contributed by atoms with van der Waals surface area (Å²) in [4.78, 5) is 6.62. The van der Waals surface area contributed by atoms with Gasteiger partial charge >= 0.3 is 0 Å². The van der Waals surface area contributed by atoms with E-state index in [9.17, 15) is 0 Å². The van der Waals surface area contributed by atoms with Gasteiger partial charge in [-0.1, -0.05) is 6.07 Å². The molecule has 0 aliphatic carbocycles. The van der Waals surface area contributed by atoms with Crippen LogP contribution in [0.25, 0.3) is 0 Å². The maximum absolute atomic E-state index is 5.68. The second kappa shape index (κ2) is 6.68. The van der Waals surface area contributed by atoms with E-state index >= 15 is 0 Å². The van der Waals surface area contributed by atoms with Gasteiger partial charge in [-0.3, -0.25) is 4.90 Å². The van der Waals surface area contributed by atoms with Gasteiger partial charge in [0.2, 0.25) is 5.88 Å². The summed E-state index contributed by atoms with van der Waals surface area (Å²) in [5.41, 5.74) is 1.21. The van der Waals surface area contributed by atoms with E-state index < -0.39 is 0 Å². The summed E-state index contributed by atoms with van der Waals surface area (Å²) in [6.45, 7) is 4.56. The van der Waals surface area contributed by atoms with Crippen LogP contribution in [0.3, 0.4) is 0 Å². The fraction of sp³-hybridized carbons (Fsp3) is 0.615. The first-order valence-electron chi connectivity index (χ1n) is 6.29. The Labute approximate surface area is 108 Å². The van der Waals surface area contributed by atoms with Gasteiger partial charge in [-0.05, 0) is 12.6 Å². The van der Waals surface area contributed by atoms with Gasteiger partial charge in [0, 0.05) is 38.4 Å². The van der Waals surface area contributed by atoms with Crippen LogP contribution in [-0.2, 0) is 11.3 Å². The zero-order valence-electron chi connectivity index (χ0n) is 11.1. The normalized spacial score (nSPS) is 20.9. The summed E-state index contributed by atoms with van der Waals surface area (Å²) in [5, 5.41) is 3.16. The Hall–Kier alpha value is -1.17. The van der Waals surface area contributed by atoms with E-state index in [0.29, 0.717) is 5.88 Å². The minimum atomic E-state index is 0.287. The molecule has 2 rings (SSSR count). The number of rotatable bonds is 5. The second-order valence-corrected chi connectivity index (χ2v) is 4.49. The van der Waals surface area contributed by atoms with Crippen LogP contribution in [0.1, 0.15) is 5.56 Å². The van der Waals surface area contributed by atoms with Gasteiger partial charge < -0.3 is 14.8 Å². The molecule has 0 spiro atoms. The molecule has 0 bridgehead atoms. The molecule has 18 heavy (non-hydrogen) atoms. The average Bonchev–Trinajstić information content (AvgIpc) is 2.40. The lowest BCUT2D eigenvalue weighted by molar-refractivity contribution is -0.0291. The third-order valence-corrected chi connectivity index (χ3v) is 3.07. The first-order chi connectivity index (χ1) is 8.81. The Balaban J connectivity index is 1.87. The molecule has 2 heterocycles. The number of nitrogens with zero attached hydrogens (tertiary/aromatic N) is 2. The lowest BCUT2D eigenvalue weighted by Gasteiger charge is -2.32. The molecule has 5 nitrogen and oxygen atoms in total. The molecule has 5 heteroatoms. The van der Waals surface area contributed by atoms with E-state index in [1.165, 1.54) is 5.56 Å². The van der Waals surface area contributed by atoms with Gasteiger partial charge in [0.25, 0.3) is 0 Å². The van der Waals surface area contributed by atoms with E-state index in [2.05, 4.69) is 21.3 Å². The molecule has 1 aromatic heterocycles. The smallest absolute Gasteiger partial charge is 0.212 e. The van der Waals surface area contributed by atoms with Crippen LogP contribution in [-0.4, -0.2) is 56.4 Å². The summed E-state index contributed by atoms with van der Waals surface area (Å²) in [7, 11) is 3.59. The highest BCUT2D eigenvalue weighted by Gasteiger charge is 2.19. The number of nitrogens with one attached hydrogen (secondary N) is 1. The van der Waals surface area contributed by atoms with Crippen molar-refractivity contribution in [2.75, 3.05) is 40.4 Å². The van der Waals surface area contributed by atoms with Gasteiger partial charge in [-0.25, -0.2) is 4.98 Å². The molecule has 1 fully saturated rings. The number of morpholine rings is 1. The highest BCUT2D eigenvalue weighted by molar-refractivity contribution is 5.17. The number of likely N-dealkylation sites (N-methyl/N-ethyl adjacent to an activating group) is 1. The molecule has 0 radical (unpaired) electrons. The third kappa shape index (κ3) is 3.66. The standard InChI is InChI=1S/C13H21N3O2/c1-14-8-12-10-16(5-6-18-12)9-11-3-4-13(17-2)15-7-11/h3-4,7,12,14H,5-6,8-10H2,1-2H3.